The maximum atomic E-state index is 12.4. The van der Waals surface area contributed by atoms with E-state index >= 15 is 0 Å². The Balaban J connectivity index is 1.45. The molecule has 0 aromatic heterocycles. The van der Waals surface area contributed by atoms with Crippen molar-refractivity contribution in [2.45, 2.75) is 62.6 Å². The number of aliphatic hydroxyl groups excluding tert-OH is 1. The van der Waals surface area contributed by atoms with Crippen molar-refractivity contribution in [3.05, 3.63) is 89.5 Å². The Kier molecular flexibility index (Phi) is 11.5. The van der Waals surface area contributed by atoms with Gasteiger partial charge in [-0.1, -0.05) is 36.4 Å². The molecule has 1 saturated heterocycles. The maximum absolute atomic E-state index is 12.4. The van der Waals surface area contributed by atoms with Gasteiger partial charge >= 0.3 is 0 Å². The first kappa shape index (κ1) is 31.2. The van der Waals surface area contributed by atoms with Gasteiger partial charge in [0.05, 0.1) is 18.8 Å². The number of nitrogens with one attached hydrogen (secondary N) is 3. The molecule has 0 saturated carbocycles. The van der Waals surface area contributed by atoms with Crippen LogP contribution in [0, 0.1) is 0 Å². The first-order chi connectivity index (χ1) is 20.3. The summed E-state index contributed by atoms with van der Waals surface area (Å²) >= 11 is 1.65. The van der Waals surface area contributed by atoms with E-state index in [1.807, 2.05) is 66.7 Å². The molecule has 1 aliphatic rings. The van der Waals surface area contributed by atoms with E-state index in [2.05, 4.69) is 10.6 Å². The summed E-state index contributed by atoms with van der Waals surface area (Å²) in [6, 6.07) is 22.6. The van der Waals surface area contributed by atoms with Crippen molar-refractivity contribution < 1.29 is 34.2 Å². The van der Waals surface area contributed by atoms with Crippen LogP contribution in [0.2, 0.25) is 0 Å². The topological polar surface area (TPSA) is 146 Å². The monoisotopic (exact) mass is 593 g/mol. The highest BCUT2D eigenvalue weighted by Crippen LogP contribution is 2.40. The second-order valence-electron chi connectivity index (χ2n) is 9.93. The highest BCUT2D eigenvalue weighted by molar-refractivity contribution is 7.99. The smallest absolute Gasteiger partial charge is 0.243 e. The van der Waals surface area contributed by atoms with Crippen LogP contribution < -0.4 is 16.1 Å². The third-order valence-electron chi connectivity index (χ3n) is 6.60. The van der Waals surface area contributed by atoms with Crippen LogP contribution in [0.3, 0.4) is 0 Å². The van der Waals surface area contributed by atoms with Crippen molar-refractivity contribution in [3.8, 4) is 0 Å². The van der Waals surface area contributed by atoms with Gasteiger partial charge in [0.25, 0.3) is 0 Å². The van der Waals surface area contributed by atoms with Crippen LogP contribution in [0.15, 0.2) is 77.7 Å². The zero-order chi connectivity index (χ0) is 29.9. The number of aliphatic hydroxyl groups is 1. The molecule has 0 aliphatic carbocycles. The predicted octanol–water partition coefficient (Wildman–Crippen LogP) is 5.09. The molecule has 0 spiro atoms. The molecular weight excluding hydrogens is 558 g/mol. The highest BCUT2D eigenvalue weighted by atomic mass is 32.2. The molecule has 11 heteroatoms. The molecule has 3 amide bonds. The van der Waals surface area contributed by atoms with E-state index in [-0.39, 0.29) is 43.5 Å². The van der Waals surface area contributed by atoms with Crippen LogP contribution in [-0.4, -0.2) is 39.9 Å². The first-order valence-corrected chi connectivity index (χ1v) is 14.7. The standard InChI is InChI=1S/C31H35N3O7S/c1-20(36)32-24-12-14-27(15-13-24)42-19-26-17-28(22-10-8-21(18-35)9-11-22)41-31(40-26)23-4-2-5-25(16-23)33-29(37)6-3-7-30(38)34-39/h2,4-5,8-16,26,28,31,35,39H,3,6-7,17-19H2,1H3,(H,32,36)(H,33,37)(H,34,38). The number of thioether (sulfide) groups is 1. The molecule has 222 valence electrons. The lowest BCUT2D eigenvalue weighted by atomic mass is 10.0. The molecule has 0 radical (unpaired) electrons. The lowest BCUT2D eigenvalue weighted by Crippen LogP contribution is -2.31. The third-order valence-corrected chi connectivity index (χ3v) is 7.74. The van der Waals surface area contributed by atoms with Gasteiger partial charge in [-0.25, -0.2) is 5.48 Å². The Morgan fingerprint density at radius 2 is 1.62 bits per heavy atom. The molecule has 3 aromatic rings. The summed E-state index contributed by atoms with van der Waals surface area (Å²) in [6.45, 7) is 1.44. The molecule has 3 atom stereocenters. The van der Waals surface area contributed by atoms with Gasteiger partial charge in [0.1, 0.15) is 0 Å². The van der Waals surface area contributed by atoms with E-state index in [4.69, 9.17) is 14.7 Å². The average Bonchev–Trinajstić information content (AvgIpc) is 3.00. The Labute approximate surface area is 248 Å². The van der Waals surface area contributed by atoms with Gasteiger partial charge in [-0.3, -0.25) is 19.6 Å². The fourth-order valence-corrected chi connectivity index (χ4v) is 5.42. The van der Waals surface area contributed by atoms with Gasteiger partial charge in [0.2, 0.25) is 17.7 Å². The summed E-state index contributed by atoms with van der Waals surface area (Å²) in [5.41, 5.74) is 5.42. The van der Waals surface area contributed by atoms with Gasteiger partial charge in [-0.15, -0.1) is 11.8 Å². The normalized spacial score (nSPS) is 18.2. The molecule has 1 heterocycles. The fourth-order valence-electron chi connectivity index (χ4n) is 4.50. The molecule has 3 unspecified atom stereocenters. The minimum Gasteiger partial charge on any atom is -0.392 e. The van der Waals surface area contributed by atoms with Crippen LogP contribution in [0.4, 0.5) is 11.4 Å². The number of hydroxylamine groups is 1. The average molecular weight is 594 g/mol. The molecule has 4 rings (SSSR count). The number of ether oxygens (including phenoxy) is 2. The number of hydrogen-bond acceptors (Lipinski definition) is 8. The number of anilines is 2. The number of benzene rings is 3. The number of carbonyl (C=O) groups is 3. The van der Waals surface area contributed by atoms with Gasteiger partial charge in [-0.2, -0.15) is 0 Å². The lowest BCUT2D eigenvalue weighted by molar-refractivity contribution is -0.245. The van der Waals surface area contributed by atoms with Gasteiger partial charge in [0.15, 0.2) is 6.29 Å². The van der Waals surface area contributed by atoms with Gasteiger partial charge in [0, 0.05) is 53.8 Å². The molecular formula is C31H35N3O7S. The van der Waals surface area contributed by atoms with E-state index in [0.29, 0.717) is 24.3 Å². The number of rotatable bonds is 12. The second-order valence-corrected chi connectivity index (χ2v) is 11.0. The minimum atomic E-state index is -0.681. The number of amides is 3. The second kappa shape index (κ2) is 15.5. The Hall–Kier alpha value is -3.74. The highest BCUT2D eigenvalue weighted by Gasteiger charge is 2.32. The summed E-state index contributed by atoms with van der Waals surface area (Å²) in [6.07, 6.45) is 0.0301. The Morgan fingerprint density at radius 3 is 2.31 bits per heavy atom. The van der Waals surface area contributed by atoms with E-state index < -0.39 is 12.2 Å². The largest absolute Gasteiger partial charge is 0.392 e. The van der Waals surface area contributed by atoms with Crippen LogP contribution in [0.25, 0.3) is 0 Å². The summed E-state index contributed by atoms with van der Waals surface area (Å²) in [4.78, 5) is 35.9. The van der Waals surface area contributed by atoms with Gasteiger partial charge < -0.3 is 25.2 Å². The Bertz CT molecular complexity index is 1350. The summed E-state index contributed by atoms with van der Waals surface area (Å²) in [5.74, 6) is -0.232. The molecule has 1 aliphatic heterocycles. The zero-order valence-electron chi connectivity index (χ0n) is 23.2. The summed E-state index contributed by atoms with van der Waals surface area (Å²) in [5, 5.41) is 23.7. The van der Waals surface area contributed by atoms with Crippen molar-refractivity contribution in [1.82, 2.24) is 5.48 Å². The SMILES string of the molecule is CC(=O)Nc1ccc(SCC2CC(c3ccc(CO)cc3)OC(c3cccc(NC(=O)CCCC(=O)NO)c3)O2)cc1. The predicted molar refractivity (Wildman–Crippen MR) is 159 cm³/mol. The summed E-state index contributed by atoms with van der Waals surface area (Å²) < 4.78 is 12.8. The molecule has 42 heavy (non-hydrogen) atoms. The van der Waals surface area contributed by atoms with E-state index in [1.165, 1.54) is 6.92 Å². The number of carbonyl (C=O) groups excluding carboxylic acids is 3. The Morgan fingerprint density at radius 1 is 0.881 bits per heavy atom. The van der Waals surface area contributed by atoms with Crippen molar-refractivity contribution in [3.63, 3.8) is 0 Å². The minimum absolute atomic E-state index is 0.0370. The number of hydrogen-bond donors (Lipinski definition) is 5. The molecule has 3 aromatic carbocycles. The third kappa shape index (κ3) is 9.40. The van der Waals surface area contributed by atoms with E-state index in [9.17, 15) is 19.5 Å². The van der Waals surface area contributed by atoms with Crippen LogP contribution >= 0.6 is 11.8 Å². The van der Waals surface area contributed by atoms with Crippen molar-refractivity contribution in [2.75, 3.05) is 16.4 Å². The van der Waals surface area contributed by atoms with E-state index in [0.717, 1.165) is 27.3 Å². The van der Waals surface area contributed by atoms with Crippen LogP contribution in [-0.2, 0) is 30.5 Å². The first-order valence-electron chi connectivity index (χ1n) is 13.7. The molecule has 5 N–H and O–H groups in total. The lowest BCUT2D eigenvalue weighted by Gasteiger charge is -2.36. The van der Waals surface area contributed by atoms with Crippen LogP contribution in [0.1, 0.15) is 61.7 Å². The van der Waals surface area contributed by atoms with Crippen molar-refractivity contribution in [2.24, 2.45) is 0 Å². The molecule has 0 bridgehead atoms. The van der Waals surface area contributed by atoms with E-state index in [1.54, 1.807) is 23.3 Å². The molecule has 10 nitrogen and oxygen atoms in total. The van der Waals surface area contributed by atoms with Crippen molar-refractivity contribution in [1.29, 1.82) is 0 Å². The summed E-state index contributed by atoms with van der Waals surface area (Å²) in [7, 11) is 0. The van der Waals surface area contributed by atoms with Crippen molar-refractivity contribution >= 4 is 40.9 Å². The quantitative estimate of drug-likeness (QED) is 0.111. The molecule has 1 fully saturated rings. The zero-order valence-corrected chi connectivity index (χ0v) is 24.1. The maximum Gasteiger partial charge on any atom is 0.243 e. The van der Waals surface area contributed by atoms with Gasteiger partial charge in [-0.05, 0) is 53.9 Å². The van der Waals surface area contributed by atoms with Crippen LogP contribution in [0.5, 0.6) is 0 Å². The fraction of sp³-hybridized carbons (Fsp3) is 0.323.